The third-order valence-corrected chi connectivity index (χ3v) is 4.52. The summed E-state index contributed by atoms with van der Waals surface area (Å²) in [5.74, 6) is -1.46. The maximum Gasteiger partial charge on any atom is 0.229 e. The number of nitrogens with zero attached hydrogens (tertiary/aromatic N) is 1. The number of carbonyl (C=O) groups is 2. The summed E-state index contributed by atoms with van der Waals surface area (Å²) in [6.45, 7) is 2.27. The molecule has 1 heterocycles. The van der Waals surface area contributed by atoms with E-state index in [1.54, 1.807) is 11.0 Å². The fourth-order valence-corrected chi connectivity index (χ4v) is 3.02. The Morgan fingerprint density at radius 2 is 1.96 bits per heavy atom. The molecule has 6 heteroatoms. The largest absolute Gasteiger partial charge is 0.323 e. The van der Waals surface area contributed by atoms with Gasteiger partial charge >= 0.3 is 0 Å². The van der Waals surface area contributed by atoms with Crippen molar-refractivity contribution < 1.29 is 14.0 Å². The summed E-state index contributed by atoms with van der Waals surface area (Å²) in [7, 11) is 0. The SMILES string of the molecule is Cc1ccc(N2C[C@@H](C(=O)Nc3ccc(Br)cc3F)CC2=O)cc1. The average molecular weight is 391 g/mol. The van der Waals surface area contributed by atoms with Gasteiger partial charge in [0, 0.05) is 23.1 Å². The van der Waals surface area contributed by atoms with Crippen LogP contribution in [0.1, 0.15) is 12.0 Å². The summed E-state index contributed by atoms with van der Waals surface area (Å²) in [4.78, 5) is 26.2. The molecule has 0 saturated carbocycles. The number of halogens is 2. The van der Waals surface area contributed by atoms with Gasteiger partial charge in [-0.25, -0.2) is 4.39 Å². The molecule has 4 nitrogen and oxygen atoms in total. The molecular weight excluding hydrogens is 375 g/mol. The van der Waals surface area contributed by atoms with Crippen molar-refractivity contribution in [1.82, 2.24) is 0 Å². The number of rotatable bonds is 3. The Morgan fingerprint density at radius 1 is 1.25 bits per heavy atom. The molecule has 1 N–H and O–H groups in total. The number of carbonyl (C=O) groups excluding carboxylic acids is 2. The van der Waals surface area contributed by atoms with Gasteiger partial charge in [0.25, 0.3) is 0 Å². The van der Waals surface area contributed by atoms with Gasteiger partial charge < -0.3 is 10.2 Å². The average Bonchev–Trinajstić information content (AvgIpc) is 2.93. The molecule has 1 atom stereocenters. The molecule has 1 fully saturated rings. The molecule has 1 saturated heterocycles. The lowest BCUT2D eigenvalue weighted by Crippen LogP contribution is -2.28. The summed E-state index contributed by atoms with van der Waals surface area (Å²) < 4.78 is 14.4. The van der Waals surface area contributed by atoms with E-state index in [1.165, 1.54) is 12.1 Å². The van der Waals surface area contributed by atoms with Crippen LogP contribution < -0.4 is 10.2 Å². The third-order valence-electron chi connectivity index (χ3n) is 4.03. The summed E-state index contributed by atoms with van der Waals surface area (Å²) in [6.07, 6.45) is 0.123. The number of hydrogen-bond donors (Lipinski definition) is 1. The first-order valence-electron chi connectivity index (χ1n) is 7.57. The van der Waals surface area contributed by atoms with Crippen molar-refractivity contribution in [3.63, 3.8) is 0 Å². The molecule has 1 aliphatic rings. The second-order valence-electron chi connectivity index (χ2n) is 5.85. The predicted octanol–water partition coefficient (Wildman–Crippen LogP) is 3.89. The van der Waals surface area contributed by atoms with Crippen molar-refractivity contribution >= 4 is 39.1 Å². The summed E-state index contributed by atoms with van der Waals surface area (Å²) in [5.41, 5.74) is 1.99. The van der Waals surface area contributed by atoms with E-state index in [0.29, 0.717) is 11.0 Å². The predicted molar refractivity (Wildman–Crippen MR) is 94.4 cm³/mol. The van der Waals surface area contributed by atoms with Crippen LogP contribution in [0.15, 0.2) is 46.9 Å². The highest BCUT2D eigenvalue weighted by molar-refractivity contribution is 9.10. The summed E-state index contributed by atoms with van der Waals surface area (Å²) in [5, 5.41) is 2.57. The third kappa shape index (κ3) is 3.48. The normalized spacial score (nSPS) is 17.2. The second kappa shape index (κ2) is 6.73. The highest BCUT2D eigenvalue weighted by Crippen LogP contribution is 2.27. The number of benzene rings is 2. The standard InChI is InChI=1S/C18H16BrFN2O2/c1-11-2-5-14(6-3-11)22-10-12(8-17(22)23)18(24)21-16-7-4-13(19)9-15(16)20/h2-7,9,12H,8,10H2,1H3,(H,21,24)/t12-/m0/s1. The highest BCUT2D eigenvalue weighted by atomic mass is 79.9. The monoisotopic (exact) mass is 390 g/mol. The van der Waals surface area contributed by atoms with E-state index < -0.39 is 11.7 Å². The van der Waals surface area contributed by atoms with Gasteiger partial charge in [-0.2, -0.15) is 0 Å². The fourth-order valence-electron chi connectivity index (χ4n) is 2.68. The fraction of sp³-hybridized carbons (Fsp3) is 0.222. The van der Waals surface area contributed by atoms with Crippen LogP contribution in [0.2, 0.25) is 0 Å². The number of aryl methyl sites for hydroxylation is 1. The Labute approximate surface area is 147 Å². The first-order chi connectivity index (χ1) is 11.4. The van der Waals surface area contributed by atoms with Gasteiger partial charge in [0.1, 0.15) is 5.82 Å². The van der Waals surface area contributed by atoms with Gasteiger partial charge in [-0.15, -0.1) is 0 Å². The lowest BCUT2D eigenvalue weighted by Gasteiger charge is -2.17. The van der Waals surface area contributed by atoms with Crippen LogP contribution >= 0.6 is 15.9 Å². The van der Waals surface area contributed by atoms with E-state index in [2.05, 4.69) is 21.2 Å². The van der Waals surface area contributed by atoms with E-state index in [9.17, 15) is 14.0 Å². The molecule has 0 bridgehead atoms. The minimum atomic E-state index is -0.516. The van der Waals surface area contributed by atoms with E-state index in [1.807, 2.05) is 31.2 Å². The number of anilines is 2. The number of nitrogens with one attached hydrogen (secondary N) is 1. The van der Waals surface area contributed by atoms with Crippen molar-refractivity contribution in [2.75, 3.05) is 16.8 Å². The van der Waals surface area contributed by atoms with Crippen LogP contribution in [0.4, 0.5) is 15.8 Å². The van der Waals surface area contributed by atoms with Crippen LogP contribution in [-0.2, 0) is 9.59 Å². The maximum atomic E-state index is 13.8. The number of hydrogen-bond acceptors (Lipinski definition) is 2. The molecule has 2 aromatic carbocycles. The minimum Gasteiger partial charge on any atom is -0.323 e. The van der Waals surface area contributed by atoms with E-state index in [4.69, 9.17) is 0 Å². The molecule has 3 rings (SSSR count). The molecule has 2 amide bonds. The Hall–Kier alpha value is -2.21. The lowest BCUT2D eigenvalue weighted by molar-refractivity contribution is -0.122. The van der Waals surface area contributed by atoms with Crippen LogP contribution in [0.5, 0.6) is 0 Å². The molecule has 2 aromatic rings. The Bertz CT molecular complexity index is 792. The van der Waals surface area contributed by atoms with Gasteiger partial charge in [-0.05, 0) is 37.3 Å². The Balaban J connectivity index is 1.70. The zero-order chi connectivity index (χ0) is 17.3. The lowest BCUT2D eigenvalue weighted by atomic mass is 10.1. The van der Waals surface area contributed by atoms with E-state index in [0.717, 1.165) is 11.3 Å². The molecule has 124 valence electrons. The van der Waals surface area contributed by atoms with Gasteiger partial charge in [0.15, 0.2) is 0 Å². The zero-order valence-corrected chi connectivity index (χ0v) is 14.6. The molecule has 0 unspecified atom stereocenters. The quantitative estimate of drug-likeness (QED) is 0.863. The first-order valence-corrected chi connectivity index (χ1v) is 8.36. The first kappa shape index (κ1) is 16.6. The minimum absolute atomic E-state index is 0.102. The molecule has 0 aromatic heterocycles. The Kier molecular flexibility index (Phi) is 4.66. The van der Waals surface area contributed by atoms with Gasteiger partial charge in [-0.1, -0.05) is 33.6 Å². The molecule has 24 heavy (non-hydrogen) atoms. The smallest absolute Gasteiger partial charge is 0.229 e. The maximum absolute atomic E-state index is 13.8. The summed E-state index contributed by atoms with van der Waals surface area (Å²) >= 11 is 3.17. The van der Waals surface area contributed by atoms with Crippen LogP contribution in [0.3, 0.4) is 0 Å². The second-order valence-corrected chi connectivity index (χ2v) is 6.77. The van der Waals surface area contributed by atoms with Gasteiger partial charge in [-0.3, -0.25) is 9.59 Å². The van der Waals surface area contributed by atoms with Crippen LogP contribution in [0.25, 0.3) is 0 Å². The van der Waals surface area contributed by atoms with Crippen molar-refractivity contribution in [3.8, 4) is 0 Å². The molecule has 0 radical (unpaired) electrons. The van der Waals surface area contributed by atoms with E-state index >= 15 is 0 Å². The molecule has 1 aliphatic heterocycles. The summed E-state index contributed by atoms with van der Waals surface area (Å²) in [6, 6.07) is 12.0. The molecular formula is C18H16BrFN2O2. The van der Waals surface area contributed by atoms with Crippen molar-refractivity contribution in [2.45, 2.75) is 13.3 Å². The van der Waals surface area contributed by atoms with Crippen molar-refractivity contribution in [3.05, 3.63) is 58.3 Å². The van der Waals surface area contributed by atoms with Crippen LogP contribution in [-0.4, -0.2) is 18.4 Å². The van der Waals surface area contributed by atoms with Gasteiger partial charge in [0.2, 0.25) is 11.8 Å². The zero-order valence-electron chi connectivity index (χ0n) is 13.1. The van der Waals surface area contributed by atoms with Crippen molar-refractivity contribution in [1.29, 1.82) is 0 Å². The number of amides is 2. The Morgan fingerprint density at radius 3 is 2.62 bits per heavy atom. The van der Waals surface area contributed by atoms with Gasteiger partial charge in [0.05, 0.1) is 11.6 Å². The van der Waals surface area contributed by atoms with E-state index in [-0.39, 0.29) is 23.9 Å². The van der Waals surface area contributed by atoms with Crippen LogP contribution in [0, 0.1) is 18.7 Å². The molecule has 0 aliphatic carbocycles. The highest BCUT2D eigenvalue weighted by Gasteiger charge is 2.35. The topological polar surface area (TPSA) is 49.4 Å². The molecule has 0 spiro atoms. The van der Waals surface area contributed by atoms with Crippen molar-refractivity contribution in [2.24, 2.45) is 5.92 Å².